The van der Waals surface area contributed by atoms with Gasteiger partial charge in [-0.15, -0.1) is 0 Å². The molecule has 0 saturated heterocycles. The third-order valence-corrected chi connectivity index (χ3v) is 21.5. The zero-order chi connectivity index (χ0) is 50.5. The van der Waals surface area contributed by atoms with Crippen molar-refractivity contribution in [1.82, 2.24) is 0 Å². The first-order valence-electron chi connectivity index (χ1n) is 26.6. The molecule has 73 heavy (non-hydrogen) atoms. The zero-order valence-corrected chi connectivity index (χ0v) is 45.1. The number of hydrogen-bond acceptors (Lipinski definition) is 0. The van der Waals surface area contributed by atoms with Gasteiger partial charge in [-0.3, -0.25) is 0 Å². The summed E-state index contributed by atoms with van der Waals surface area (Å²) in [7, 11) is -3.50. The maximum absolute atomic E-state index is 3.50. The molecule has 0 nitrogen and oxygen atoms in total. The Hall–Kier alpha value is -7.32. The van der Waals surface area contributed by atoms with E-state index in [0.29, 0.717) is 0 Å². The minimum atomic E-state index is -3.50. The van der Waals surface area contributed by atoms with Crippen LogP contribution in [0.4, 0.5) is 0 Å². The van der Waals surface area contributed by atoms with E-state index < -0.39 is 8.07 Å². The predicted molar refractivity (Wildman–Crippen MR) is 314 cm³/mol. The number of hydrogen-bond donors (Lipinski definition) is 0. The maximum atomic E-state index is 2.70. The number of allylic oxidation sites excluding steroid dienone is 4. The second-order valence-electron chi connectivity index (χ2n) is 21.1. The minimum absolute atomic E-state index is 0.222. The predicted octanol–water partition coefficient (Wildman–Crippen LogP) is 15.5. The second kappa shape index (κ2) is 21.8. The largest absolute Gasteiger partial charge is 0.177 e. The second-order valence-corrected chi connectivity index (χ2v) is 24.8. The van der Waals surface area contributed by atoms with Crippen molar-refractivity contribution in [2.24, 2.45) is 5.92 Å². The monoisotopic (exact) mass is 963 g/mol. The van der Waals surface area contributed by atoms with Gasteiger partial charge in [-0.1, -0.05) is 258 Å². The molecular weight excluding hydrogens is 893 g/mol. The summed E-state index contributed by atoms with van der Waals surface area (Å²) < 4.78 is 0. The summed E-state index contributed by atoms with van der Waals surface area (Å²) >= 11 is 0. The molecule has 0 aromatic heterocycles. The molecule has 9 aromatic rings. The first kappa shape index (κ1) is 49.3. The molecule has 0 amide bonds. The first-order valence-corrected chi connectivity index (χ1v) is 28.6. The summed E-state index contributed by atoms with van der Waals surface area (Å²) in [5.74, 6) is 0.222. The molecule has 0 N–H and O–H groups in total. The summed E-state index contributed by atoms with van der Waals surface area (Å²) in [6.45, 7) is 17.0. The van der Waals surface area contributed by atoms with E-state index in [4.69, 9.17) is 0 Å². The lowest BCUT2D eigenvalue weighted by atomic mass is 9.93. The van der Waals surface area contributed by atoms with Gasteiger partial charge in [0.05, 0.1) is 0 Å². The SMILES string of the molecule is CC1=C(C)C(C)C([Si](c2cc(C)cc(Cc3ccccc3)c2Cc2ccccc2)(c2cc(C)cc(Cc3ccccc3)c2Cc2ccccc2)c2cc(C)cc(Cc3ccccc3)c2Cc2ccccc2)=C1C. The number of benzene rings is 9. The fourth-order valence-electron chi connectivity index (χ4n) is 12.5. The van der Waals surface area contributed by atoms with Gasteiger partial charge in [0.2, 0.25) is 0 Å². The van der Waals surface area contributed by atoms with Crippen LogP contribution in [0.25, 0.3) is 0 Å². The lowest BCUT2D eigenvalue weighted by Gasteiger charge is -2.44. The summed E-state index contributed by atoms with van der Waals surface area (Å²) in [6, 6.07) is 83.4. The van der Waals surface area contributed by atoms with Crippen LogP contribution >= 0.6 is 0 Å². The standard InChI is InChI=1S/C72H70Si/c1-50-38-63(44-57-26-14-8-15-27-57)66(47-60-32-20-11-21-33-60)69(41-50)73(72-55(6)53(4)54(5)56(72)7,70-42-51(2)39-64(45-58-28-16-9-17-29-58)67(70)48-61-34-22-12-23-35-61)71-43-52(3)40-65(46-59-30-18-10-19-31-59)68(71)49-62-36-24-13-25-37-62/h8-43,55H,44-49H2,1-7H3. The minimum Gasteiger partial charge on any atom is -0.0636 e. The van der Waals surface area contributed by atoms with Crippen LogP contribution < -0.4 is 15.6 Å². The van der Waals surface area contributed by atoms with E-state index >= 15 is 0 Å². The molecule has 1 unspecified atom stereocenters. The van der Waals surface area contributed by atoms with Gasteiger partial charge in [-0.05, 0) is 174 Å². The highest BCUT2D eigenvalue weighted by molar-refractivity contribution is 7.17. The normalized spacial score (nSPS) is 13.8. The molecule has 10 rings (SSSR count). The smallest absolute Gasteiger partial charge is 0.0636 e. The molecule has 1 aliphatic rings. The Morgan fingerprint density at radius 1 is 0.301 bits per heavy atom. The summed E-state index contributed by atoms with van der Waals surface area (Å²) in [4.78, 5) is 0. The molecule has 9 aromatic carbocycles. The summed E-state index contributed by atoms with van der Waals surface area (Å²) in [5, 5.41) is 6.27. The van der Waals surface area contributed by atoms with Crippen LogP contribution in [0.5, 0.6) is 0 Å². The van der Waals surface area contributed by atoms with Crippen LogP contribution in [-0.4, -0.2) is 8.07 Å². The first-order chi connectivity index (χ1) is 35.6. The Bertz CT molecular complexity index is 3090. The van der Waals surface area contributed by atoms with Crippen molar-refractivity contribution in [3.8, 4) is 0 Å². The topological polar surface area (TPSA) is 0 Å². The van der Waals surface area contributed by atoms with Crippen molar-refractivity contribution < 1.29 is 0 Å². The van der Waals surface area contributed by atoms with Gasteiger partial charge in [0.25, 0.3) is 0 Å². The Labute approximate surface area is 437 Å². The van der Waals surface area contributed by atoms with E-state index in [-0.39, 0.29) is 5.92 Å². The van der Waals surface area contributed by atoms with Crippen molar-refractivity contribution in [1.29, 1.82) is 0 Å². The summed E-state index contributed by atoms with van der Waals surface area (Å²) in [6.07, 6.45) is 5.10. The Morgan fingerprint density at radius 3 is 0.781 bits per heavy atom. The Morgan fingerprint density at radius 2 is 0.548 bits per heavy atom. The maximum Gasteiger partial charge on any atom is 0.177 e. The van der Waals surface area contributed by atoms with Gasteiger partial charge in [-0.2, -0.15) is 0 Å². The Balaban J connectivity index is 1.45. The molecule has 0 aliphatic heterocycles. The quantitative estimate of drug-likeness (QED) is 0.0669. The van der Waals surface area contributed by atoms with Gasteiger partial charge in [-0.25, -0.2) is 0 Å². The van der Waals surface area contributed by atoms with Crippen LogP contribution in [0.1, 0.15) is 111 Å². The fraction of sp³-hybridized carbons (Fsp3) is 0.194. The number of aryl methyl sites for hydroxylation is 3. The number of rotatable bonds is 16. The van der Waals surface area contributed by atoms with Crippen LogP contribution in [0.15, 0.2) is 240 Å². The lowest BCUT2D eigenvalue weighted by molar-refractivity contribution is 0.851. The van der Waals surface area contributed by atoms with Gasteiger partial charge in [0, 0.05) is 0 Å². The van der Waals surface area contributed by atoms with E-state index in [2.05, 4.69) is 267 Å². The van der Waals surface area contributed by atoms with Crippen LogP contribution in [0.3, 0.4) is 0 Å². The summed E-state index contributed by atoms with van der Waals surface area (Å²) in [5.41, 5.74) is 25.2. The molecule has 0 radical (unpaired) electrons. The van der Waals surface area contributed by atoms with E-state index in [1.807, 2.05) is 0 Å². The highest BCUT2D eigenvalue weighted by Crippen LogP contribution is 2.44. The average Bonchev–Trinajstić information content (AvgIpc) is 3.60. The lowest BCUT2D eigenvalue weighted by Crippen LogP contribution is -2.72. The third-order valence-electron chi connectivity index (χ3n) is 16.1. The third kappa shape index (κ3) is 10.4. The van der Waals surface area contributed by atoms with E-state index in [1.165, 1.54) is 100 Å². The van der Waals surface area contributed by atoms with Crippen molar-refractivity contribution in [2.75, 3.05) is 0 Å². The molecule has 0 spiro atoms. The zero-order valence-electron chi connectivity index (χ0n) is 44.1. The van der Waals surface area contributed by atoms with E-state index in [1.54, 1.807) is 20.8 Å². The van der Waals surface area contributed by atoms with Gasteiger partial charge < -0.3 is 0 Å². The van der Waals surface area contributed by atoms with E-state index in [9.17, 15) is 0 Å². The molecule has 1 heteroatoms. The van der Waals surface area contributed by atoms with Crippen LogP contribution in [-0.2, 0) is 38.5 Å². The van der Waals surface area contributed by atoms with Crippen molar-refractivity contribution >= 4 is 23.6 Å². The Kier molecular flexibility index (Phi) is 14.7. The molecule has 0 heterocycles. The van der Waals surface area contributed by atoms with Crippen molar-refractivity contribution in [3.63, 3.8) is 0 Å². The van der Waals surface area contributed by atoms with Gasteiger partial charge in [0.15, 0.2) is 8.07 Å². The van der Waals surface area contributed by atoms with Crippen LogP contribution in [0, 0.1) is 26.7 Å². The molecule has 0 saturated carbocycles. The molecule has 1 atom stereocenters. The van der Waals surface area contributed by atoms with Gasteiger partial charge >= 0.3 is 0 Å². The fourth-order valence-corrected chi connectivity index (χ4v) is 19.3. The molecular formula is C72H70Si. The average molecular weight is 963 g/mol. The molecule has 0 bridgehead atoms. The highest BCUT2D eigenvalue weighted by Gasteiger charge is 2.52. The van der Waals surface area contributed by atoms with Crippen molar-refractivity contribution in [2.45, 2.75) is 87.0 Å². The van der Waals surface area contributed by atoms with Gasteiger partial charge in [0.1, 0.15) is 0 Å². The van der Waals surface area contributed by atoms with E-state index in [0.717, 1.165) is 38.5 Å². The van der Waals surface area contributed by atoms with Crippen LogP contribution in [0.2, 0.25) is 0 Å². The molecule has 0 fully saturated rings. The highest BCUT2D eigenvalue weighted by atomic mass is 28.3. The molecule has 362 valence electrons. The molecule has 1 aliphatic carbocycles. The van der Waals surface area contributed by atoms with Crippen molar-refractivity contribution in [3.05, 3.63) is 324 Å².